The lowest BCUT2D eigenvalue weighted by molar-refractivity contribution is 0.0601. The van der Waals surface area contributed by atoms with Crippen LogP contribution < -0.4 is 5.32 Å². The van der Waals surface area contributed by atoms with Crippen molar-refractivity contribution in [2.24, 2.45) is 0 Å². The summed E-state index contributed by atoms with van der Waals surface area (Å²) < 4.78 is 37.1. The van der Waals surface area contributed by atoms with Crippen molar-refractivity contribution < 1.29 is 27.8 Å². The maximum absolute atomic E-state index is 13.7. The minimum absolute atomic E-state index is 0.0645. The Morgan fingerprint density at radius 2 is 1.45 bits per heavy atom. The molecule has 1 amide bonds. The number of anilines is 1. The monoisotopic (exact) mass is 421 g/mol. The Hall–Kier alpha value is -4.00. The van der Waals surface area contributed by atoms with E-state index in [1.54, 1.807) is 0 Å². The summed E-state index contributed by atoms with van der Waals surface area (Å²) >= 11 is 0. The van der Waals surface area contributed by atoms with Crippen molar-refractivity contribution in [2.75, 3.05) is 12.4 Å². The molecular formula is C24H17F2NO4. The first kappa shape index (κ1) is 20.3. The second-order valence-electron chi connectivity index (χ2n) is 6.80. The maximum atomic E-state index is 13.7. The van der Waals surface area contributed by atoms with Crippen LogP contribution in [-0.2, 0) is 16.1 Å². The molecule has 7 heteroatoms. The molecule has 0 aliphatic carbocycles. The van der Waals surface area contributed by atoms with Gasteiger partial charge in [0.1, 0.15) is 6.61 Å². The molecule has 0 atom stereocenters. The molecule has 31 heavy (non-hydrogen) atoms. The lowest BCUT2D eigenvalue weighted by Gasteiger charge is -2.14. The number of benzene rings is 4. The molecule has 4 aromatic carbocycles. The van der Waals surface area contributed by atoms with Gasteiger partial charge in [-0.15, -0.1) is 0 Å². The van der Waals surface area contributed by atoms with Gasteiger partial charge in [-0.3, -0.25) is 5.32 Å². The molecule has 0 saturated heterocycles. The third-order valence-electron chi connectivity index (χ3n) is 4.93. The zero-order chi connectivity index (χ0) is 22.0. The lowest BCUT2D eigenvalue weighted by atomic mass is 9.97. The van der Waals surface area contributed by atoms with E-state index in [0.29, 0.717) is 12.1 Å². The van der Waals surface area contributed by atoms with E-state index in [2.05, 4.69) is 16.1 Å². The first-order chi connectivity index (χ1) is 15.0. The van der Waals surface area contributed by atoms with Gasteiger partial charge in [-0.05, 0) is 33.7 Å². The van der Waals surface area contributed by atoms with Gasteiger partial charge in [0.15, 0.2) is 11.6 Å². The maximum Gasteiger partial charge on any atom is 0.411 e. The van der Waals surface area contributed by atoms with Gasteiger partial charge in [-0.1, -0.05) is 48.5 Å². The molecular weight excluding hydrogens is 404 g/mol. The summed E-state index contributed by atoms with van der Waals surface area (Å²) in [6, 6.07) is 18.9. The van der Waals surface area contributed by atoms with Crippen molar-refractivity contribution in [2.45, 2.75) is 6.61 Å². The van der Waals surface area contributed by atoms with E-state index in [-0.39, 0.29) is 17.9 Å². The molecule has 0 saturated carbocycles. The van der Waals surface area contributed by atoms with Crippen LogP contribution in [-0.4, -0.2) is 19.2 Å². The number of methoxy groups -OCH3 is 1. The summed E-state index contributed by atoms with van der Waals surface area (Å²) in [6.07, 6.45) is -0.923. The van der Waals surface area contributed by atoms with Crippen LogP contribution in [0.4, 0.5) is 19.3 Å². The number of hydrogen-bond acceptors (Lipinski definition) is 4. The van der Waals surface area contributed by atoms with Crippen LogP contribution in [0.1, 0.15) is 15.9 Å². The zero-order valence-electron chi connectivity index (χ0n) is 16.4. The van der Waals surface area contributed by atoms with Crippen LogP contribution in [0, 0.1) is 11.6 Å². The average Bonchev–Trinajstić information content (AvgIpc) is 2.78. The molecule has 4 rings (SSSR count). The highest BCUT2D eigenvalue weighted by Crippen LogP contribution is 2.29. The van der Waals surface area contributed by atoms with Gasteiger partial charge in [0.05, 0.1) is 18.4 Å². The number of hydrogen-bond donors (Lipinski definition) is 1. The van der Waals surface area contributed by atoms with Gasteiger partial charge in [0, 0.05) is 11.6 Å². The molecule has 0 aliphatic heterocycles. The first-order valence-electron chi connectivity index (χ1n) is 9.38. The van der Waals surface area contributed by atoms with Crippen molar-refractivity contribution in [3.05, 3.63) is 89.5 Å². The van der Waals surface area contributed by atoms with E-state index < -0.39 is 23.7 Å². The van der Waals surface area contributed by atoms with Crippen molar-refractivity contribution in [3.63, 3.8) is 0 Å². The summed E-state index contributed by atoms with van der Waals surface area (Å²) in [5.41, 5.74) is 0.231. The second-order valence-corrected chi connectivity index (χ2v) is 6.80. The topological polar surface area (TPSA) is 64.6 Å². The third kappa shape index (κ3) is 4.02. The molecule has 1 N–H and O–H groups in total. The highest BCUT2D eigenvalue weighted by molar-refractivity contribution is 6.03. The summed E-state index contributed by atoms with van der Waals surface area (Å²) in [5, 5.41) is 6.14. The average molecular weight is 421 g/mol. The van der Waals surface area contributed by atoms with E-state index in [1.807, 2.05) is 48.5 Å². The Balaban J connectivity index is 1.62. The minimum Gasteiger partial charge on any atom is -0.465 e. The molecule has 0 unspecified atom stereocenters. The van der Waals surface area contributed by atoms with Crippen molar-refractivity contribution in [3.8, 4) is 0 Å². The van der Waals surface area contributed by atoms with Gasteiger partial charge < -0.3 is 9.47 Å². The predicted molar refractivity (Wildman–Crippen MR) is 113 cm³/mol. The summed E-state index contributed by atoms with van der Waals surface area (Å²) in [6.45, 7) is -0.0645. The van der Waals surface area contributed by atoms with Gasteiger partial charge in [-0.2, -0.15) is 0 Å². The van der Waals surface area contributed by atoms with Crippen LogP contribution in [0.25, 0.3) is 21.5 Å². The number of fused-ring (bicyclic) bond motifs is 2. The van der Waals surface area contributed by atoms with Crippen molar-refractivity contribution >= 4 is 39.3 Å². The van der Waals surface area contributed by atoms with Crippen molar-refractivity contribution in [1.29, 1.82) is 0 Å². The van der Waals surface area contributed by atoms with E-state index in [0.717, 1.165) is 34.2 Å². The Kier molecular flexibility index (Phi) is 5.49. The fourth-order valence-electron chi connectivity index (χ4n) is 3.48. The van der Waals surface area contributed by atoms with Crippen LogP contribution in [0.3, 0.4) is 0 Å². The van der Waals surface area contributed by atoms with Gasteiger partial charge >= 0.3 is 12.1 Å². The quantitative estimate of drug-likeness (QED) is 0.334. The van der Waals surface area contributed by atoms with E-state index in [9.17, 15) is 18.4 Å². The van der Waals surface area contributed by atoms with Gasteiger partial charge in [0.25, 0.3) is 0 Å². The Morgan fingerprint density at radius 3 is 2.06 bits per heavy atom. The van der Waals surface area contributed by atoms with Crippen molar-refractivity contribution in [1.82, 2.24) is 0 Å². The van der Waals surface area contributed by atoms with E-state index >= 15 is 0 Å². The Morgan fingerprint density at radius 1 is 0.871 bits per heavy atom. The largest absolute Gasteiger partial charge is 0.465 e. The summed E-state index contributed by atoms with van der Waals surface area (Å²) in [4.78, 5) is 24.3. The molecule has 0 bridgehead atoms. The van der Waals surface area contributed by atoms with Gasteiger partial charge in [-0.25, -0.2) is 18.4 Å². The SMILES string of the molecule is COC(=O)c1cc(F)c(F)cc1NC(=O)OCc1c2ccccc2cc2ccccc12. The number of ether oxygens (including phenoxy) is 2. The number of carbonyl (C=O) groups is 2. The number of halogens is 2. The minimum atomic E-state index is -1.23. The first-order valence-corrected chi connectivity index (χ1v) is 9.38. The number of esters is 1. The van der Waals surface area contributed by atoms with Crippen LogP contribution in [0.15, 0.2) is 66.7 Å². The normalized spacial score (nSPS) is 10.8. The van der Waals surface area contributed by atoms with Crippen LogP contribution in [0.5, 0.6) is 0 Å². The van der Waals surface area contributed by atoms with E-state index in [4.69, 9.17) is 4.74 Å². The standard InChI is InChI=1S/C24H17F2NO4/c1-30-23(28)18-11-20(25)21(26)12-22(18)27-24(29)31-13-19-16-8-4-2-6-14(16)10-15-7-3-5-9-17(15)19/h2-12H,13H2,1H3,(H,27,29). The van der Waals surface area contributed by atoms with Gasteiger partial charge in [0.2, 0.25) is 0 Å². The zero-order valence-corrected chi connectivity index (χ0v) is 16.4. The summed E-state index contributed by atoms with van der Waals surface area (Å²) in [7, 11) is 1.09. The highest BCUT2D eigenvalue weighted by Gasteiger charge is 2.19. The highest BCUT2D eigenvalue weighted by atomic mass is 19.2. The third-order valence-corrected chi connectivity index (χ3v) is 4.93. The Labute approximate surface area is 176 Å². The fourth-order valence-corrected chi connectivity index (χ4v) is 3.48. The molecule has 5 nitrogen and oxygen atoms in total. The van der Waals surface area contributed by atoms with Crippen LogP contribution >= 0.6 is 0 Å². The molecule has 156 valence electrons. The van der Waals surface area contributed by atoms with Crippen LogP contribution in [0.2, 0.25) is 0 Å². The molecule has 0 spiro atoms. The molecule has 0 fully saturated rings. The predicted octanol–water partition coefficient (Wildman–Crippen LogP) is 5.81. The lowest BCUT2D eigenvalue weighted by Crippen LogP contribution is -2.17. The summed E-state index contributed by atoms with van der Waals surface area (Å²) in [5.74, 6) is -3.38. The molecule has 0 radical (unpaired) electrons. The van der Waals surface area contributed by atoms with E-state index in [1.165, 1.54) is 0 Å². The molecule has 0 aliphatic rings. The molecule has 4 aromatic rings. The number of rotatable bonds is 4. The number of amides is 1. The fraction of sp³-hybridized carbons (Fsp3) is 0.0833. The number of carbonyl (C=O) groups excluding carboxylic acids is 2. The molecule has 0 heterocycles. The number of nitrogens with one attached hydrogen (secondary N) is 1. The Bertz CT molecular complexity index is 1270. The molecule has 0 aromatic heterocycles. The second kappa shape index (κ2) is 8.39. The smallest absolute Gasteiger partial charge is 0.411 e.